The Morgan fingerprint density at radius 3 is 2.46 bits per heavy atom. The average molecular weight is 387 g/mol. The quantitative estimate of drug-likeness (QED) is 0.390. The lowest BCUT2D eigenvalue weighted by Crippen LogP contribution is -2.39. The fourth-order valence-corrected chi connectivity index (χ4v) is 3.61. The molecule has 0 aliphatic rings. The molecule has 1 amide bonds. The van der Waals surface area contributed by atoms with Gasteiger partial charge in [0.2, 0.25) is 0 Å². The number of hydroxylamine groups is 1. The number of nitrogens with one attached hydrogen (secondary N) is 1. The minimum atomic E-state index is -0.548. The highest BCUT2D eigenvalue weighted by molar-refractivity contribution is 5.91. The van der Waals surface area contributed by atoms with Crippen LogP contribution in [0.2, 0.25) is 0 Å². The van der Waals surface area contributed by atoms with Crippen molar-refractivity contribution in [3.8, 4) is 0 Å². The number of benzene rings is 1. The van der Waals surface area contributed by atoms with Gasteiger partial charge in [-0.05, 0) is 57.4 Å². The van der Waals surface area contributed by atoms with E-state index in [1.54, 1.807) is 11.6 Å². The van der Waals surface area contributed by atoms with E-state index in [0.717, 1.165) is 41.9 Å². The summed E-state index contributed by atoms with van der Waals surface area (Å²) in [4.78, 5) is 18.6. The maximum absolute atomic E-state index is 11.2. The third kappa shape index (κ3) is 5.66. The van der Waals surface area contributed by atoms with E-state index in [2.05, 4.69) is 57.1 Å². The topological polar surface area (TPSA) is 70.4 Å². The summed E-state index contributed by atoms with van der Waals surface area (Å²) in [5.41, 5.74) is 4.53. The van der Waals surface area contributed by atoms with Crippen molar-refractivity contribution in [3.05, 3.63) is 35.7 Å². The van der Waals surface area contributed by atoms with Crippen molar-refractivity contribution < 1.29 is 10.0 Å². The summed E-state index contributed by atoms with van der Waals surface area (Å²) in [6, 6.07) is 7.02. The van der Waals surface area contributed by atoms with Crippen molar-refractivity contribution in [1.29, 1.82) is 0 Å². The van der Waals surface area contributed by atoms with Gasteiger partial charge in [-0.25, -0.2) is 10.5 Å². The molecule has 2 rings (SSSR count). The number of rotatable bonds is 9. The van der Waals surface area contributed by atoms with Gasteiger partial charge in [-0.1, -0.05) is 19.9 Å². The second-order valence-corrected chi connectivity index (χ2v) is 8.26. The van der Waals surface area contributed by atoms with Crippen LogP contribution in [0.25, 0.3) is 17.1 Å². The highest BCUT2D eigenvalue weighted by Gasteiger charge is 2.17. The molecule has 0 aliphatic heterocycles. The van der Waals surface area contributed by atoms with Crippen molar-refractivity contribution in [2.45, 2.75) is 66.6 Å². The number of fused-ring (bicyclic) bond motifs is 1. The largest absolute Gasteiger partial charge is 0.327 e. The Morgan fingerprint density at radius 2 is 1.89 bits per heavy atom. The van der Waals surface area contributed by atoms with Gasteiger partial charge in [0.1, 0.15) is 5.82 Å². The Morgan fingerprint density at radius 1 is 1.21 bits per heavy atom. The van der Waals surface area contributed by atoms with Crippen LogP contribution in [0.3, 0.4) is 0 Å². The molecule has 28 heavy (non-hydrogen) atoms. The standard InChI is InChI=1S/C22H34N4O2/c1-15(2)13-21-23-19-14-18(8-10-22(27)24-28)7-9-20(19)26(21)12-11-25(16(3)4)17(5)6/h7-10,14-17,28H,11-13H2,1-6H3,(H,24,27). The average Bonchev–Trinajstić information content (AvgIpc) is 2.95. The maximum atomic E-state index is 11.2. The zero-order chi connectivity index (χ0) is 20.8. The first-order valence-electron chi connectivity index (χ1n) is 10.1. The molecule has 0 atom stereocenters. The lowest BCUT2D eigenvalue weighted by Gasteiger charge is -2.30. The van der Waals surface area contributed by atoms with E-state index < -0.39 is 5.91 Å². The van der Waals surface area contributed by atoms with Crippen LogP contribution in [0.5, 0.6) is 0 Å². The second-order valence-electron chi connectivity index (χ2n) is 8.26. The van der Waals surface area contributed by atoms with Gasteiger partial charge in [0.05, 0.1) is 11.0 Å². The first-order chi connectivity index (χ1) is 13.2. The van der Waals surface area contributed by atoms with Gasteiger partial charge in [-0.15, -0.1) is 0 Å². The summed E-state index contributed by atoms with van der Waals surface area (Å²) < 4.78 is 2.33. The smallest absolute Gasteiger partial charge is 0.267 e. The van der Waals surface area contributed by atoms with Crippen LogP contribution >= 0.6 is 0 Å². The van der Waals surface area contributed by atoms with Gasteiger partial charge in [0.15, 0.2) is 0 Å². The van der Waals surface area contributed by atoms with E-state index in [9.17, 15) is 4.79 Å². The number of aromatic nitrogens is 2. The highest BCUT2D eigenvalue weighted by atomic mass is 16.5. The predicted molar refractivity (Wildman–Crippen MR) is 114 cm³/mol. The fourth-order valence-electron chi connectivity index (χ4n) is 3.61. The van der Waals surface area contributed by atoms with Gasteiger partial charge in [-0.2, -0.15) is 0 Å². The zero-order valence-electron chi connectivity index (χ0n) is 17.9. The Labute approximate surface area is 168 Å². The summed E-state index contributed by atoms with van der Waals surface area (Å²) in [6.07, 6.45) is 3.90. The Kier molecular flexibility index (Phi) is 7.78. The number of carbonyl (C=O) groups is 1. The summed E-state index contributed by atoms with van der Waals surface area (Å²) >= 11 is 0. The van der Waals surface area contributed by atoms with E-state index >= 15 is 0 Å². The normalized spacial score (nSPS) is 12.4. The van der Waals surface area contributed by atoms with Crippen LogP contribution in [0.4, 0.5) is 0 Å². The lowest BCUT2D eigenvalue weighted by molar-refractivity contribution is -0.124. The van der Waals surface area contributed by atoms with E-state index in [4.69, 9.17) is 10.2 Å². The molecule has 0 saturated carbocycles. The number of amides is 1. The van der Waals surface area contributed by atoms with E-state index in [0.29, 0.717) is 18.0 Å². The predicted octanol–water partition coefficient (Wildman–Crippen LogP) is 3.87. The summed E-state index contributed by atoms with van der Waals surface area (Å²) in [5, 5.41) is 8.62. The van der Waals surface area contributed by atoms with Gasteiger partial charge >= 0.3 is 0 Å². The number of hydrogen-bond donors (Lipinski definition) is 2. The molecule has 0 aliphatic carbocycles. The van der Waals surface area contributed by atoms with Crippen molar-refractivity contribution >= 4 is 23.0 Å². The molecule has 0 fully saturated rings. The maximum Gasteiger partial charge on any atom is 0.267 e. The van der Waals surface area contributed by atoms with E-state index in [1.807, 2.05) is 12.1 Å². The summed E-state index contributed by atoms with van der Waals surface area (Å²) in [6.45, 7) is 15.2. The van der Waals surface area contributed by atoms with Crippen LogP contribution in [0.15, 0.2) is 24.3 Å². The monoisotopic (exact) mass is 386 g/mol. The third-order valence-electron chi connectivity index (χ3n) is 4.89. The Balaban J connectivity index is 2.36. The molecule has 0 saturated heterocycles. The number of carbonyl (C=O) groups excluding carboxylic acids is 1. The minimum absolute atomic E-state index is 0.498. The molecule has 6 heteroatoms. The SMILES string of the molecule is CC(C)Cc1nc2cc(C=CC(=O)NO)ccc2n1CCN(C(C)C)C(C)C. The first kappa shape index (κ1) is 22.1. The molecule has 2 aromatic rings. The van der Waals surface area contributed by atoms with Gasteiger partial charge in [0, 0.05) is 37.7 Å². The molecule has 6 nitrogen and oxygen atoms in total. The zero-order valence-corrected chi connectivity index (χ0v) is 17.9. The van der Waals surface area contributed by atoms with Crippen molar-refractivity contribution in [3.63, 3.8) is 0 Å². The van der Waals surface area contributed by atoms with Crippen LogP contribution in [-0.2, 0) is 17.8 Å². The fraction of sp³-hybridized carbons (Fsp3) is 0.545. The molecular weight excluding hydrogens is 352 g/mol. The molecule has 1 aromatic heterocycles. The Hall–Kier alpha value is -2.18. The van der Waals surface area contributed by atoms with E-state index in [1.165, 1.54) is 6.08 Å². The van der Waals surface area contributed by atoms with Crippen molar-refractivity contribution in [1.82, 2.24) is 19.9 Å². The Bertz CT molecular complexity index is 813. The molecule has 154 valence electrons. The molecule has 1 aromatic carbocycles. The van der Waals surface area contributed by atoms with Crippen LogP contribution in [0, 0.1) is 5.92 Å². The van der Waals surface area contributed by atoms with E-state index in [-0.39, 0.29) is 0 Å². The van der Waals surface area contributed by atoms with Crippen LogP contribution < -0.4 is 5.48 Å². The van der Waals surface area contributed by atoms with Crippen LogP contribution in [0.1, 0.15) is 52.9 Å². The second kappa shape index (κ2) is 9.85. The van der Waals surface area contributed by atoms with Gasteiger partial charge in [0.25, 0.3) is 5.91 Å². The minimum Gasteiger partial charge on any atom is -0.327 e. The lowest BCUT2D eigenvalue weighted by atomic mass is 10.1. The van der Waals surface area contributed by atoms with Crippen molar-refractivity contribution in [2.75, 3.05) is 6.54 Å². The third-order valence-corrected chi connectivity index (χ3v) is 4.89. The number of hydrogen-bond acceptors (Lipinski definition) is 4. The number of nitrogens with zero attached hydrogens (tertiary/aromatic N) is 3. The molecule has 0 bridgehead atoms. The highest BCUT2D eigenvalue weighted by Crippen LogP contribution is 2.21. The summed E-state index contributed by atoms with van der Waals surface area (Å²) in [7, 11) is 0. The van der Waals surface area contributed by atoms with Gasteiger partial charge < -0.3 is 4.57 Å². The van der Waals surface area contributed by atoms with Gasteiger partial charge in [-0.3, -0.25) is 14.9 Å². The van der Waals surface area contributed by atoms with Crippen molar-refractivity contribution in [2.24, 2.45) is 5.92 Å². The molecular formula is C22H34N4O2. The summed E-state index contributed by atoms with van der Waals surface area (Å²) in [5.74, 6) is 1.08. The molecule has 1 heterocycles. The number of imidazole rings is 1. The molecule has 2 N–H and O–H groups in total. The molecule has 0 spiro atoms. The molecule has 0 unspecified atom stereocenters. The van der Waals surface area contributed by atoms with Crippen LogP contribution in [-0.4, -0.2) is 44.2 Å². The first-order valence-corrected chi connectivity index (χ1v) is 10.1. The molecule has 0 radical (unpaired) electrons.